The van der Waals surface area contributed by atoms with Crippen LogP contribution in [-0.2, 0) is 4.74 Å². The van der Waals surface area contributed by atoms with Crippen molar-refractivity contribution in [3.8, 4) is 0 Å². The minimum absolute atomic E-state index is 0.0492. The fraction of sp³-hybridized carbons (Fsp3) is 0.875. The normalized spacial score (nSPS) is 12.1. The van der Waals surface area contributed by atoms with Gasteiger partial charge in [-0.2, -0.15) is 0 Å². The van der Waals surface area contributed by atoms with Crippen molar-refractivity contribution >= 4 is 5.84 Å². The lowest BCUT2D eigenvalue weighted by Gasteiger charge is -2.22. The molecule has 0 fully saturated rings. The van der Waals surface area contributed by atoms with Gasteiger partial charge in [0.15, 0.2) is 0 Å². The van der Waals surface area contributed by atoms with Crippen molar-refractivity contribution in [2.45, 2.75) is 26.7 Å². The van der Waals surface area contributed by atoms with Gasteiger partial charge in [-0.1, -0.05) is 13.8 Å². The summed E-state index contributed by atoms with van der Waals surface area (Å²) >= 11 is 0. The summed E-state index contributed by atoms with van der Waals surface area (Å²) in [5.74, 6) is 0.0492. The van der Waals surface area contributed by atoms with E-state index in [-0.39, 0.29) is 12.4 Å². The summed E-state index contributed by atoms with van der Waals surface area (Å²) < 4.78 is 27.9. The largest absolute Gasteiger partial charge is 0.387 e. The Labute approximate surface area is 76.8 Å². The van der Waals surface area contributed by atoms with Crippen LogP contribution in [-0.4, -0.2) is 25.5 Å². The van der Waals surface area contributed by atoms with Crippen molar-refractivity contribution in [3.63, 3.8) is 0 Å². The molecule has 0 radical (unpaired) electrons. The Kier molecular flexibility index (Phi) is 4.83. The van der Waals surface area contributed by atoms with Gasteiger partial charge in [-0.3, -0.25) is 5.41 Å². The number of ether oxygens (including phenoxy) is 1. The molecular formula is C8H16F2N2O. The predicted octanol–water partition coefficient (Wildman–Crippen LogP) is 1.62. The summed E-state index contributed by atoms with van der Waals surface area (Å²) in [5.41, 5.74) is 4.82. The van der Waals surface area contributed by atoms with Crippen LogP contribution in [0, 0.1) is 10.8 Å². The standard InChI is InChI=1S/C8H16F2N2O/c1-8(2,7(11)12)3-4-13-5-6(9)10/h6H,3-5H2,1-2H3,(H3,11,12). The highest BCUT2D eigenvalue weighted by Crippen LogP contribution is 2.19. The summed E-state index contributed by atoms with van der Waals surface area (Å²) in [6.45, 7) is 3.22. The van der Waals surface area contributed by atoms with Crippen molar-refractivity contribution in [2.75, 3.05) is 13.2 Å². The molecule has 13 heavy (non-hydrogen) atoms. The van der Waals surface area contributed by atoms with Gasteiger partial charge >= 0.3 is 0 Å². The van der Waals surface area contributed by atoms with Crippen molar-refractivity contribution < 1.29 is 13.5 Å². The molecule has 3 nitrogen and oxygen atoms in total. The summed E-state index contributed by atoms with van der Waals surface area (Å²) in [6.07, 6.45) is -1.95. The second-order valence-electron chi connectivity index (χ2n) is 3.51. The monoisotopic (exact) mass is 194 g/mol. The van der Waals surface area contributed by atoms with Gasteiger partial charge in [-0.25, -0.2) is 8.78 Å². The molecule has 5 heteroatoms. The molecule has 0 bridgehead atoms. The molecule has 0 aromatic heterocycles. The smallest absolute Gasteiger partial charge is 0.261 e. The van der Waals surface area contributed by atoms with Gasteiger partial charge in [0.25, 0.3) is 6.43 Å². The van der Waals surface area contributed by atoms with E-state index in [4.69, 9.17) is 11.1 Å². The van der Waals surface area contributed by atoms with E-state index in [0.717, 1.165) is 0 Å². The summed E-state index contributed by atoms with van der Waals surface area (Å²) in [7, 11) is 0. The molecule has 0 aromatic carbocycles. The van der Waals surface area contributed by atoms with Crippen LogP contribution in [0.4, 0.5) is 8.78 Å². The number of hydrogen-bond acceptors (Lipinski definition) is 2. The first-order chi connectivity index (χ1) is 5.86. The first kappa shape index (κ1) is 12.3. The number of rotatable bonds is 6. The maximum atomic E-state index is 11.6. The average molecular weight is 194 g/mol. The molecular weight excluding hydrogens is 178 g/mol. The lowest BCUT2D eigenvalue weighted by molar-refractivity contribution is 0.0118. The van der Waals surface area contributed by atoms with E-state index < -0.39 is 18.4 Å². The molecule has 3 N–H and O–H groups in total. The van der Waals surface area contributed by atoms with E-state index >= 15 is 0 Å². The molecule has 0 aliphatic rings. The van der Waals surface area contributed by atoms with Crippen LogP contribution in [0.15, 0.2) is 0 Å². The fourth-order valence-corrected chi connectivity index (χ4v) is 0.634. The Morgan fingerprint density at radius 2 is 2.08 bits per heavy atom. The number of alkyl halides is 2. The van der Waals surface area contributed by atoms with Gasteiger partial charge in [-0.05, 0) is 6.42 Å². The van der Waals surface area contributed by atoms with Gasteiger partial charge in [0.1, 0.15) is 6.61 Å². The highest BCUT2D eigenvalue weighted by atomic mass is 19.3. The maximum Gasteiger partial charge on any atom is 0.261 e. The topological polar surface area (TPSA) is 59.1 Å². The number of hydrogen-bond donors (Lipinski definition) is 2. The third-order valence-corrected chi connectivity index (χ3v) is 1.84. The lowest BCUT2D eigenvalue weighted by atomic mass is 9.89. The van der Waals surface area contributed by atoms with Crippen LogP contribution in [0.25, 0.3) is 0 Å². The van der Waals surface area contributed by atoms with E-state index in [1.807, 2.05) is 0 Å². The number of nitrogens with two attached hydrogens (primary N) is 1. The highest BCUT2D eigenvalue weighted by Gasteiger charge is 2.21. The molecule has 0 atom stereocenters. The number of amidine groups is 1. The van der Waals surface area contributed by atoms with Gasteiger partial charge < -0.3 is 10.5 Å². The number of halogens is 2. The molecule has 0 saturated heterocycles. The van der Waals surface area contributed by atoms with E-state index in [0.29, 0.717) is 6.42 Å². The molecule has 0 aromatic rings. The maximum absolute atomic E-state index is 11.6. The van der Waals surface area contributed by atoms with Crippen LogP contribution in [0.3, 0.4) is 0 Å². The van der Waals surface area contributed by atoms with Crippen LogP contribution in [0.2, 0.25) is 0 Å². The quantitative estimate of drug-likeness (QED) is 0.383. The Bertz CT molecular complexity index is 172. The van der Waals surface area contributed by atoms with Crippen molar-refractivity contribution in [2.24, 2.45) is 11.1 Å². The fourth-order valence-electron chi connectivity index (χ4n) is 0.634. The van der Waals surface area contributed by atoms with Crippen molar-refractivity contribution in [1.29, 1.82) is 5.41 Å². The van der Waals surface area contributed by atoms with Gasteiger partial charge in [0.05, 0.1) is 5.84 Å². The minimum Gasteiger partial charge on any atom is -0.387 e. The molecule has 0 rings (SSSR count). The summed E-state index contributed by atoms with van der Waals surface area (Å²) in [5, 5.41) is 7.19. The van der Waals surface area contributed by atoms with Gasteiger partial charge in [-0.15, -0.1) is 0 Å². The Hall–Kier alpha value is -0.710. The Morgan fingerprint density at radius 1 is 1.54 bits per heavy atom. The molecule has 0 unspecified atom stereocenters. The summed E-state index contributed by atoms with van der Waals surface area (Å²) in [6, 6.07) is 0. The van der Waals surface area contributed by atoms with Gasteiger partial charge in [0.2, 0.25) is 0 Å². The predicted molar refractivity (Wildman–Crippen MR) is 47.1 cm³/mol. The second-order valence-corrected chi connectivity index (χ2v) is 3.51. The van der Waals surface area contributed by atoms with Crippen molar-refractivity contribution in [3.05, 3.63) is 0 Å². The van der Waals surface area contributed by atoms with Crippen LogP contribution in [0.5, 0.6) is 0 Å². The molecule has 0 saturated carbocycles. The second kappa shape index (κ2) is 5.11. The first-order valence-corrected chi connectivity index (χ1v) is 4.06. The van der Waals surface area contributed by atoms with E-state index in [2.05, 4.69) is 4.74 Å². The SMILES string of the molecule is CC(C)(CCOCC(F)F)C(=N)N. The molecule has 78 valence electrons. The zero-order chi connectivity index (χ0) is 10.5. The van der Waals surface area contributed by atoms with Gasteiger partial charge in [0, 0.05) is 12.0 Å². The molecule has 0 heterocycles. The first-order valence-electron chi connectivity index (χ1n) is 4.06. The third-order valence-electron chi connectivity index (χ3n) is 1.84. The van der Waals surface area contributed by atoms with Crippen LogP contribution in [0.1, 0.15) is 20.3 Å². The molecule has 0 amide bonds. The Morgan fingerprint density at radius 3 is 2.46 bits per heavy atom. The average Bonchev–Trinajstić information content (AvgIpc) is 1.97. The minimum atomic E-state index is -2.43. The van der Waals surface area contributed by atoms with Crippen LogP contribution >= 0.6 is 0 Å². The highest BCUT2D eigenvalue weighted by molar-refractivity contribution is 5.82. The number of nitrogens with one attached hydrogen (secondary N) is 1. The van der Waals surface area contributed by atoms with Crippen molar-refractivity contribution in [1.82, 2.24) is 0 Å². The zero-order valence-electron chi connectivity index (χ0n) is 7.94. The van der Waals surface area contributed by atoms with Crippen LogP contribution < -0.4 is 5.73 Å². The zero-order valence-corrected chi connectivity index (χ0v) is 7.94. The van der Waals surface area contributed by atoms with E-state index in [1.54, 1.807) is 13.8 Å². The third kappa shape index (κ3) is 5.52. The lowest BCUT2D eigenvalue weighted by Crippen LogP contribution is -2.32. The molecule has 0 aliphatic carbocycles. The Balaban J connectivity index is 3.58. The van der Waals surface area contributed by atoms with E-state index in [1.165, 1.54) is 0 Å². The molecule has 0 aliphatic heterocycles. The van der Waals surface area contributed by atoms with E-state index in [9.17, 15) is 8.78 Å². The summed E-state index contributed by atoms with van der Waals surface area (Å²) in [4.78, 5) is 0. The molecule has 0 spiro atoms.